The van der Waals surface area contributed by atoms with Crippen molar-refractivity contribution in [3.8, 4) is 0 Å². The Morgan fingerprint density at radius 3 is 2.95 bits per heavy atom. The fourth-order valence-electron chi connectivity index (χ4n) is 2.20. The fraction of sp³-hybridized carbons (Fsp3) is 0.417. The van der Waals surface area contributed by atoms with E-state index in [2.05, 4.69) is 20.3 Å². The molecule has 3 rings (SSSR count). The minimum Gasteiger partial charge on any atom is -0.478 e. The van der Waals surface area contributed by atoms with Crippen LogP contribution in [0.15, 0.2) is 18.3 Å². The zero-order chi connectivity index (χ0) is 13.2. The van der Waals surface area contributed by atoms with Crippen LogP contribution in [0.25, 0.3) is 5.65 Å². The van der Waals surface area contributed by atoms with Crippen molar-refractivity contribution in [2.45, 2.75) is 6.54 Å². The number of nitrogens with zero attached hydrogens (tertiary/aromatic N) is 4. The molecule has 0 spiro atoms. The smallest absolute Gasteiger partial charge is 0.335 e. The molecule has 1 aliphatic rings. The van der Waals surface area contributed by atoms with E-state index >= 15 is 0 Å². The van der Waals surface area contributed by atoms with Crippen LogP contribution in [0.2, 0.25) is 0 Å². The molecule has 0 aliphatic carbocycles. The molecule has 19 heavy (non-hydrogen) atoms. The molecule has 1 aliphatic heterocycles. The van der Waals surface area contributed by atoms with Crippen LogP contribution in [0.5, 0.6) is 0 Å². The van der Waals surface area contributed by atoms with Crippen molar-refractivity contribution in [2.24, 2.45) is 0 Å². The Morgan fingerprint density at radius 1 is 1.42 bits per heavy atom. The van der Waals surface area contributed by atoms with Gasteiger partial charge in [0.25, 0.3) is 0 Å². The van der Waals surface area contributed by atoms with E-state index in [0.717, 1.165) is 32.0 Å². The lowest BCUT2D eigenvalue weighted by Gasteiger charge is -2.25. The van der Waals surface area contributed by atoms with Crippen molar-refractivity contribution in [1.82, 2.24) is 24.8 Å². The molecule has 0 saturated carbocycles. The van der Waals surface area contributed by atoms with Crippen molar-refractivity contribution in [3.05, 3.63) is 29.7 Å². The minimum atomic E-state index is -0.950. The van der Waals surface area contributed by atoms with E-state index in [9.17, 15) is 4.79 Å². The predicted octanol–water partition coefficient (Wildman–Crippen LogP) is -0.167. The predicted molar refractivity (Wildman–Crippen MR) is 68.1 cm³/mol. The second-order valence-corrected chi connectivity index (χ2v) is 4.58. The van der Waals surface area contributed by atoms with Crippen LogP contribution in [0.1, 0.15) is 16.2 Å². The number of hydrogen-bond donors (Lipinski definition) is 2. The lowest BCUT2D eigenvalue weighted by molar-refractivity contribution is 0.0697. The van der Waals surface area contributed by atoms with Crippen LogP contribution < -0.4 is 5.32 Å². The summed E-state index contributed by atoms with van der Waals surface area (Å²) in [5.74, 6) is -0.224. The van der Waals surface area contributed by atoms with Gasteiger partial charge in [-0.05, 0) is 12.1 Å². The fourth-order valence-corrected chi connectivity index (χ4v) is 2.20. The van der Waals surface area contributed by atoms with Gasteiger partial charge in [0, 0.05) is 32.4 Å². The maximum atomic E-state index is 10.9. The van der Waals surface area contributed by atoms with Crippen molar-refractivity contribution < 1.29 is 9.90 Å². The van der Waals surface area contributed by atoms with Gasteiger partial charge >= 0.3 is 5.97 Å². The number of carbonyl (C=O) groups is 1. The van der Waals surface area contributed by atoms with Crippen LogP contribution in [0.4, 0.5) is 0 Å². The van der Waals surface area contributed by atoms with Crippen LogP contribution in [-0.2, 0) is 6.54 Å². The van der Waals surface area contributed by atoms with Crippen molar-refractivity contribution in [2.75, 3.05) is 26.2 Å². The average molecular weight is 261 g/mol. The molecule has 2 aromatic rings. The topological polar surface area (TPSA) is 82.8 Å². The summed E-state index contributed by atoms with van der Waals surface area (Å²) in [6, 6.07) is 3.06. The Bertz CT molecular complexity index is 603. The summed E-state index contributed by atoms with van der Waals surface area (Å²) in [4.78, 5) is 17.6. The number of hydrogen-bond acceptors (Lipinski definition) is 5. The minimum absolute atomic E-state index is 0.230. The molecule has 100 valence electrons. The molecule has 0 atom stereocenters. The zero-order valence-corrected chi connectivity index (χ0v) is 10.4. The number of nitrogens with one attached hydrogen (secondary N) is 1. The summed E-state index contributed by atoms with van der Waals surface area (Å²) in [6.45, 7) is 4.63. The van der Waals surface area contributed by atoms with Crippen molar-refractivity contribution in [3.63, 3.8) is 0 Å². The molecule has 7 heteroatoms. The van der Waals surface area contributed by atoms with Gasteiger partial charge in [0.1, 0.15) is 0 Å². The number of rotatable bonds is 3. The summed E-state index contributed by atoms with van der Waals surface area (Å²) in [7, 11) is 0. The Labute approximate surface area is 109 Å². The lowest BCUT2D eigenvalue weighted by Crippen LogP contribution is -2.43. The van der Waals surface area contributed by atoms with Gasteiger partial charge in [0.15, 0.2) is 11.5 Å². The van der Waals surface area contributed by atoms with Gasteiger partial charge in [0.2, 0.25) is 0 Å². The molecule has 0 radical (unpaired) electrons. The van der Waals surface area contributed by atoms with E-state index < -0.39 is 5.97 Å². The average Bonchev–Trinajstić information content (AvgIpc) is 2.80. The van der Waals surface area contributed by atoms with Gasteiger partial charge in [-0.25, -0.2) is 14.3 Å². The van der Waals surface area contributed by atoms with Crippen molar-refractivity contribution in [1.29, 1.82) is 0 Å². The SMILES string of the molecule is O=C(O)c1ccn2nc(CN3CCNCC3)nc2c1. The van der Waals surface area contributed by atoms with E-state index in [4.69, 9.17) is 5.11 Å². The number of aromatic carboxylic acids is 1. The second-order valence-electron chi connectivity index (χ2n) is 4.58. The van der Waals surface area contributed by atoms with E-state index in [1.807, 2.05) is 0 Å². The summed E-state index contributed by atoms with van der Waals surface area (Å²) < 4.78 is 1.62. The third-order valence-electron chi connectivity index (χ3n) is 3.20. The van der Waals surface area contributed by atoms with E-state index in [0.29, 0.717) is 12.2 Å². The Balaban J connectivity index is 1.82. The summed E-state index contributed by atoms with van der Waals surface area (Å²) in [6.07, 6.45) is 1.63. The molecule has 2 N–H and O–H groups in total. The van der Waals surface area contributed by atoms with Gasteiger partial charge in [0.05, 0.1) is 12.1 Å². The van der Waals surface area contributed by atoms with E-state index in [1.54, 1.807) is 10.7 Å². The van der Waals surface area contributed by atoms with Gasteiger partial charge in [-0.1, -0.05) is 0 Å². The number of aromatic nitrogens is 3. The summed E-state index contributed by atoms with van der Waals surface area (Å²) in [5, 5.41) is 16.6. The highest BCUT2D eigenvalue weighted by atomic mass is 16.4. The molecule has 3 heterocycles. The van der Waals surface area contributed by atoms with Crippen molar-refractivity contribution >= 4 is 11.6 Å². The number of carboxylic acids is 1. The van der Waals surface area contributed by atoms with Crippen LogP contribution in [0, 0.1) is 0 Å². The normalized spacial score (nSPS) is 16.8. The molecule has 0 unspecified atom stereocenters. The van der Waals surface area contributed by atoms with Gasteiger partial charge in [-0.2, -0.15) is 0 Å². The third-order valence-corrected chi connectivity index (χ3v) is 3.20. The molecule has 1 saturated heterocycles. The standard InChI is InChI=1S/C12H15N5O2/c18-12(19)9-1-4-17-11(7-9)14-10(15-17)8-16-5-2-13-3-6-16/h1,4,7,13H,2-3,5-6,8H2,(H,18,19). The van der Waals surface area contributed by atoms with Gasteiger partial charge in [-0.3, -0.25) is 4.90 Å². The first-order valence-corrected chi connectivity index (χ1v) is 6.24. The van der Waals surface area contributed by atoms with Crippen LogP contribution in [-0.4, -0.2) is 56.8 Å². The number of carboxylic acid groups (broad SMARTS) is 1. The molecule has 7 nitrogen and oxygen atoms in total. The molecular weight excluding hydrogens is 246 g/mol. The Kier molecular flexibility index (Phi) is 3.14. The maximum Gasteiger partial charge on any atom is 0.335 e. The number of pyridine rings is 1. The van der Waals surface area contributed by atoms with E-state index in [-0.39, 0.29) is 5.56 Å². The highest BCUT2D eigenvalue weighted by Gasteiger charge is 2.13. The quantitative estimate of drug-likeness (QED) is 0.798. The summed E-state index contributed by atoms with van der Waals surface area (Å²) in [5.41, 5.74) is 0.804. The monoisotopic (exact) mass is 261 g/mol. The lowest BCUT2D eigenvalue weighted by atomic mass is 10.3. The molecule has 2 aromatic heterocycles. The highest BCUT2D eigenvalue weighted by molar-refractivity contribution is 5.88. The van der Waals surface area contributed by atoms with E-state index in [1.165, 1.54) is 12.1 Å². The zero-order valence-electron chi connectivity index (χ0n) is 10.4. The molecular formula is C12H15N5O2. The van der Waals surface area contributed by atoms with Gasteiger partial charge < -0.3 is 10.4 Å². The Morgan fingerprint density at radius 2 is 2.21 bits per heavy atom. The Hall–Kier alpha value is -1.99. The molecule has 1 fully saturated rings. The first-order chi connectivity index (χ1) is 9.22. The second kappa shape index (κ2) is 4.94. The highest BCUT2D eigenvalue weighted by Crippen LogP contribution is 2.08. The van der Waals surface area contributed by atoms with Crippen LogP contribution >= 0.6 is 0 Å². The molecule has 0 bridgehead atoms. The first-order valence-electron chi connectivity index (χ1n) is 6.24. The third kappa shape index (κ3) is 2.56. The van der Waals surface area contributed by atoms with Crippen LogP contribution in [0.3, 0.4) is 0 Å². The molecule has 0 aromatic carbocycles. The number of fused-ring (bicyclic) bond motifs is 1. The number of piperazine rings is 1. The maximum absolute atomic E-state index is 10.9. The molecule has 0 amide bonds. The van der Waals surface area contributed by atoms with Gasteiger partial charge in [-0.15, -0.1) is 5.10 Å². The summed E-state index contributed by atoms with van der Waals surface area (Å²) >= 11 is 0. The largest absolute Gasteiger partial charge is 0.478 e. The first kappa shape index (κ1) is 12.1.